The molecule has 198 valence electrons. The Labute approximate surface area is 222 Å². The van der Waals surface area contributed by atoms with Gasteiger partial charge in [-0.3, -0.25) is 0 Å². The molecule has 4 heterocycles. The van der Waals surface area contributed by atoms with Gasteiger partial charge in [0, 0.05) is 55.0 Å². The second kappa shape index (κ2) is 10.6. The number of hydrogen-bond acceptors (Lipinski definition) is 10. The Balaban J connectivity index is 1.46. The van der Waals surface area contributed by atoms with Gasteiger partial charge in [-0.1, -0.05) is 36.2 Å². The predicted octanol–water partition coefficient (Wildman–Crippen LogP) is 3.47. The molecule has 0 amide bonds. The van der Waals surface area contributed by atoms with Crippen molar-refractivity contribution in [3.8, 4) is 28.4 Å². The van der Waals surface area contributed by atoms with Gasteiger partial charge in [0.2, 0.25) is 0 Å². The maximum Gasteiger partial charge on any atom is 0.162 e. The summed E-state index contributed by atoms with van der Waals surface area (Å²) in [4.78, 5) is 12.5. The zero-order valence-corrected chi connectivity index (χ0v) is 23.1. The lowest BCUT2D eigenvalue weighted by Crippen LogP contribution is -2.71. The van der Waals surface area contributed by atoms with Crippen LogP contribution in [0.2, 0.25) is 0 Å². The fraction of sp³-hybridized carbons (Fsp3) is 0.519. The van der Waals surface area contributed by atoms with Gasteiger partial charge in [0.1, 0.15) is 30.0 Å². The summed E-state index contributed by atoms with van der Waals surface area (Å²) in [7, 11) is 1.80. The van der Waals surface area contributed by atoms with Crippen LogP contribution in [-0.4, -0.2) is 82.8 Å². The van der Waals surface area contributed by atoms with Crippen molar-refractivity contribution in [2.45, 2.75) is 33.8 Å². The molecule has 0 bridgehead atoms. The quantitative estimate of drug-likeness (QED) is 0.384. The van der Waals surface area contributed by atoms with Crippen LogP contribution in [0.5, 0.6) is 5.75 Å². The number of likely N-dealkylation sites (N-methyl/N-ethyl adjacent to an activating group) is 1. The predicted molar refractivity (Wildman–Crippen MR) is 147 cm³/mol. The molecule has 0 aliphatic carbocycles. The maximum atomic E-state index is 10.0. The standard InChI is InChI=1S/C27H36N6O3S/c1-6-37-33-15-27(16-33)13-32(14-27)26-17(2)24(23-18(3)31-36-19(23)4)29-25(30-26)20-8-7-9-22(10-20)35-12-21(34)11-28-5/h7-10,21,28,34H,6,11-16H2,1-5H3. The minimum absolute atomic E-state index is 0.206. The Morgan fingerprint density at radius 1 is 1.19 bits per heavy atom. The Bertz CT molecular complexity index is 1230. The van der Waals surface area contributed by atoms with Gasteiger partial charge >= 0.3 is 0 Å². The van der Waals surface area contributed by atoms with Gasteiger partial charge in [0.15, 0.2) is 5.82 Å². The molecule has 2 fully saturated rings. The number of nitrogens with one attached hydrogen (secondary N) is 1. The van der Waals surface area contributed by atoms with Gasteiger partial charge in [-0.25, -0.2) is 14.3 Å². The summed E-state index contributed by atoms with van der Waals surface area (Å²) >= 11 is 1.92. The van der Waals surface area contributed by atoms with Gasteiger partial charge < -0.3 is 24.6 Å². The highest BCUT2D eigenvalue weighted by Gasteiger charge is 2.52. The largest absolute Gasteiger partial charge is 0.491 e. The summed E-state index contributed by atoms with van der Waals surface area (Å²) in [5, 5.41) is 17.2. The van der Waals surface area contributed by atoms with Crippen molar-refractivity contribution in [1.82, 2.24) is 24.7 Å². The summed E-state index contributed by atoms with van der Waals surface area (Å²) in [6.07, 6.45) is -0.584. The minimum Gasteiger partial charge on any atom is -0.491 e. The number of rotatable bonds is 10. The van der Waals surface area contributed by atoms with Crippen molar-refractivity contribution in [2.24, 2.45) is 5.41 Å². The Hall–Kier alpha value is -2.66. The van der Waals surface area contributed by atoms with Crippen molar-refractivity contribution >= 4 is 17.8 Å². The van der Waals surface area contributed by atoms with Crippen LogP contribution < -0.4 is 15.0 Å². The van der Waals surface area contributed by atoms with Crippen LogP contribution >= 0.6 is 11.9 Å². The van der Waals surface area contributed by atoms with Gasteiger partial charge in [-0.05, 0) is 40.0 Å². The van der Waals surface area contributed by atoms with Gasteiger partial charge in [0.25, 0.3) is 0 Å². The summed E-state index contributed by atoms with van der Waals surface area (Å²) in [6, 6.07) is 7.74. The van der Waals surface area contributed by atoms with Crippen molar-refractivity contribution in [3.63, 3.8) is 0 Å². The SMILES string of the molecule is CCSN1CC2(C1)CN(c1nc(-c3cccc(OCC(O)CNC)c3)nc(-c3c(C)noc3C)c1C)C2. The molecule has 2 saturated heterocycles. The summed E-state index contributed by atoms with van der Waals surface area (Å²) < 4.78 is 13.8. The number of nitrogens with zero attached hydrogens (tertiary/aromatic N) is 5. The van der Waals surface area contributed by atoms with Crippen LogP contribution in [0.25, 0.3) is 22.6 Å². The molecule has 1 aromatic carbocycles. The zero-order valence-electron chi connectivity index (χ0n) is 22.2. The highest BCUT2D eigenvalue weighted by Crippen LogP contribution is 2.46. The van der Waals surface area contributed by atoms with E-state index in [9.17, 15) is 5.11 Å². The van der Waals surface area contributed by atoms with Crippen LogP contribution in [0.3, 0.4) is 0 Å². The number of aliphatic hydroxyl groups is 1. The number of aliphatic hydroxyl groups excluding tert-OH is 1. The molecule has 1 spiro atoms. The van der Waals surface area contributed by atoms with E-state index in [4.69, 9.17) is 19.2 Å². The highest BCUT2D eigenvalue weighted by atomic mass is 32.2. The average molecular weight is 525 g/mol. The van der Waals surface area contributed by atoms with Crippen LogP contribution in [0.1, 0.15) is 23.9 Å². The number of ether oxygens (including phenoxy) is 1. The van der Waals surface area contributed by atoms with Crippen LogP contribution in [-0.2, 0) is 0 Å². The first-order valence-electron chi connectivity index (χ1n) is 12.8. The molecule has 0 radical (unpaired) electrons. The molecule has 1 atom stereocenters. The van der Waals surface area contributed by atoms with E-state index in [1.807, 2.05) is 50.1 Å². The van der Waals surface area contributed by atoms with Gasteiger partial charge in [-0.15, -0.1) is 0 Å². The lowest BCUT2D eigenvalue weighted by Gasteiger charge is -2.60. The summed E-state index contributed by atoms with van der Waals surface area (Å²) in [6.45, 7) is 13.1. The molecule has 5 rings (SSSR count). The molecule has 2 N–H and O–H groups in total. The van der Waals surface area contributed by atoms with Gasteiger partial charge in [0.05, 0.1) is 17.0 Å². The second-order valence-electron chi connectivity index (χ2n) is 10.2. The maximum absolute atomic E-state index is 10.0. The summed E-state index contributed by atoms with van der Waals surface area (Å²) in [5.74, 6) is 4.13. The topological polar surface area (TPSA) is 99.8 Å². The van der Waals surface area contributed by atoms with Crippen LogP contribution in [0.4, 0.5) is 5.82 Å². The second-order valence-corrected chi connectivity index (χ2v) is 11.5. The molecular weight excluding hydrogens is 488 g/mol. The van der Waals surface area contributed by atoms with Crippen molar-refractivity contribution < 1.29 is 14.4 Å². The molecule has 3 aromatic rings. The van der Waals surface area contributed by atoms with E-state index in [0.717, 1.165) is 71.6 Å². The molecule has 2 aliphatic rings. The average Bonchev–Trinajstić information content (AvgIpc) is 3.17. The van der Waals surface area contributed by atoms with E-state index in [2.05, 4.69) is 33.5 Å². The van der Waals surface area contributed by atoms with E-state index >= 15 is 0 Å². The van der Waals surface area contributed by atoms with E-state index in [1.165, 1.54) is 0 Å². The first kappa shape index (κ1) is 26.0. The molecule has 2 aliphatic heterocycles. The third kappa shape index (κ3) is 5.20. The molecular formula is C27H36N6O3S. The molecule has 9 nitrogen and oxygen atoms in total. The fourth-order valence-corrected chi connectivity index (χ4v) is 6.40. The molecule has 1 unspecified atom stereocenters. The number of hydrogen-bond donors (Lipinski definition) is 2. The third-order valence-corrected chi connectivity index (χ3v) is 7.93. The number of aryl methyl sites for hydroxylation is 2. The highest BCUT2D eigenvalue weighted by molar-refractivity contribution is 7.97. The monoisotopic (exact) mass is 524 g/mol. The van der Waals surface area contributed by atoms with E-state index in [-0.39, 0.29) is 6.61 Å². The summed E-state index contributed by atoms with van der Waals surface area (Å²) in [5.41, 5.74) is 4.86. The minimum atomic E-state index is -0.584. The number of benzene rings is 1. The molecule has 2 aromatic heterocycles. The van der Waals surface area contributed by atoms with Crippen LogP contribution in [0.15, 0.2) is 28.8 Å². The smallest absolute Gasteiger partial charge is 0.162 e. The van der Waals surface area contributed by atoms with Crippen LogP contribution in [0, 0.1) is 26.2 Å². The fourth-order valence-electron chi connectivity index (χ4n) is 5.31. The lowest BCUT2D eigenvalue weighted by atomic mass is 9.74. The van der Waals surface area contributed by atoms with E-state index < -0.39 is 6.10 Å². The third-order valence-electron chi connectivity index (χ3n) is 7.05. The Morgan fingerprint density at radius 2 is 1.97 bits per heavy atom. The first-order chi connectivity index (χ1) is 17.8. The normalized spacial score (nSPS) is 17.5. The van der Waals surface area contributed by atoms with Crippen molar-refractivity contribution in [2.75, 3.05) is 57.0 Å². The van der Waals surface area contributed by atoms with E-state index in [1.54, 1.807) is 7.05 Å². The Kier molecular flexibility index (Phi) is 7.44. The Morgan fingerprint density at radius 3 is 2.65 bits per heavy atom. The van der Waals surface area contributed by atoms with Crippen molar-refractivity contribution in [1.29, 1.82) is 0 Å². The number of aromatic nitrogens is 3. The lowest BCUT2D eigenvalue weighted by molar-refractivity contribution is 0.0471. The molecule has 0 saturated carbocycles. The number of anilines is 1. The van der Waals surface area contributed by atoms with E-state index in [0.29, 0.717) is 23.5 Å². The molecule has 37 heavy (non-hydrogen) atoms. The zero-order chi connectivity index (χ0) is 26.2. The van der Waals surface area contributed by atoms with Crippen molar-refractivity contribution in [3.05, 3.63) is 41.3 Å². The van der Waals surface area contributed by atoms with Gasteiger partial charge in [-0.2, -0.15) is 0 Å². The molecule has 10 heteroatoms. The first-order valence-corrected chi connectivity index (χ1v) is 13.8.